The molecular weight excluding hydrogens is 194 g/mol. The molecule has 1 rings (SSSR count). The van der Waals surface area contributed by atoms with Gasteiger partial charge >= 0.3 is 0 Å². The lowest BCUT2D eigenvalue weighted by Gasteiger charge is -1.99. The number of sulfone groups is 1. The summed E-state index contributed by atoms with van der Waals surface area (Å²) in [6.07, 6.45) is 0. The third kappa shape index (κ3) is 1.68. The lowest BCUT2D eigenvalue weighted by Crippen LogP contribution is -2.06. The highest BCUT2D eigenvalue weighted by molar-refractivity contribution is 7.93. The SMILES string of the molecule is CCS(=O)(=O)c1sccc1CN. The monoisotopic (exact) mass is 205 g/mol. The van der Waals surface area contributed by atoms with E-state index in [0.717, 1.165) is 5.56 Å². The second-order valence-corrected chi connectivity index (χ2v) is 5.73. The molecule has 0 aliphatic rings. The zero-order valence-electron chi connectivity index (χ0n) is 6.78. The van der Waals surface area contributed by atoms with Gasteiger partial charge in [0.25, 0.3) is 0 Å². The number of rotatable bonds is 3. The third-order valence-electron chi connectivity index (χ3n) is 1.59. The Morgan fingerprint density at radius 2 is 2.25 bits per heavy atom. The molecule has 2 N–H and O–H groups in total. The van der Waals surface area contributed by atoms with Crippen molar-refractivity contribution in [2.75, 3.05) is 5.75 Å². The Morgan fingerprint density at radius 1 is 1.58 bits per heavy atom. The van der Waals surface area contributed by atoms with Gasteiger partial charge in [0, 0.05) is 6.54 Å². The van der Waals surface area contributed by atoms with Gasteiger partial charge in [-0.3, -0.25) is 0 Å². The van der Waals surface area contributed by atoms with Gasteiger partial charge in [-0.15, -0.1) is 11.3 Å². The zero-order chi connectivity index (χ0) is 9.19. The molecule has 0 saturated heterocycles. The van der Waals surface area contributed by atoms with Gasteiger partial charge in [-0.05, 0) is 17.0 Å². The van der Waals surface area contributed by atoms with Crippen molar-refractivity contribution in [3.8, 4) is 0 Å². The van der Waals surface area contributed by atoms with Gasteiger partial charge in [-0.1, -0.05) is 6.92 Å². The second-order valence-electron chi connectivity index (χ2n) is 2.34. The highest BCUT2D eigenvalue weighted by Crippen LogP contribution is 2.23. The summed E-state index contributed by atoms with van der Waals surface area (Å²) in [5.74, 6) is 0.139. The summed E-state index contributed by atoms with van der Waals surface area (Å²) in [7, 11) is -3.06. The standard InChI is InChI=1S/C7H11NO2S2/c1-2-12(9,10)7-6(5-8)3-4-11-7/h3-4H,2,5,8H2,1H3. The van der Waals surface area contributed by atoms with E-state index >= 15 is 0 Å². The van der Waals surface area contributed by atoms with E-state index in [-0.39, 0.29) is 12.3 Å². The van der Waals surface area contributed by atoms with E-state index in [1.54, 1.807) is 18.4 Å². The average Bonchev–Trinajstić information content (AvgIpc) is 2.52. The predicted octanol–water partition coefficient (Wildman–Crippen LogP) is 1.00. The molecule has 0 aromatic carbocycles. The second kappa shape index (κ2) is 3.55. The van der Waals surface area contributed by atoms with Crippen LogP contribution in [-0.4, -0.2) is 14.2 Å². The fourth-order valence-corrected chi connectivity index (χ4v) is 3.46. The topological polar surface area (TPSA) is 60.2 Å². The van der Waals surface area contributed by atoms with Crippen molar-refractivity contribution in [3.63, 3.8) is 0 Å². The third-order valence-corrected chi connectivity index (χ3v) is 4.98. The van der Waals surface area contributed by atoms with Crippen LogP contribution in [-0.2, 0) is 16.4 Å². The maximum Gasteiger partial charge on any atom is 0.187 e. The van der Waals surface area contributed by atoms with Crippen LogP contribution in [0.5, 0.6) is 0 Å². The molecule has 68 valence electrons. The molecule has 0 aliphatic carbocycles. The van der Waals surface area contributed by atoms with E-state index in [1.165, 1.54) is 11.3 Å². The molecule has 0 saturated carbocycles. The van der Waals surface area contributed by atoms with Gasteiger partial charge in [-0.25, -0.2) is 8.42 Å². The van der Waals surface area contributed by atoms with Gasteiger partial charge in [0.2, 0.25) is 0 Å². The van der Waals surface area contributed by atoms with E-state index in [9.17, 15) is 8.42 Å². The van der Waals surface area contributed by atoms with Crippen molar-refractivity contribution >= 4 is 21.2 Å². The van der Waals surface area contributed by atoms with Gasteiger partial charge in [0.05, 0.1) is 5.75 Å². The first-order chi connectivity index (χ1) is 5.61. The van der Waals surface area contributed by atoms with E-state index in [4.69, 9.17) is 5.73 Å². The first-order valence-electron chi connectivity index (χ1n) is 3.61. The molecular formula is C7H11NO2S2. The summed E-state index contributed by atoms with van der Waals surface area (Å²) in [6, 6.07) is 1.76. The summed E-state index contributed by atoms with van der Waals surface area (Å²) in [5, 5.41) is 1.75. The molecule has 1 aromatic heterocycles. The van der Waals surface area contributed by atoms with Crippen LogP contribution in [0.3, 0.4) is 0 Å². The molecule has 0 aliphatic heterocycles. The number of hydrogen-bond donors (Lipinski definition) is 1. The Kier molecular flexibility index (Phi) is 2.87. The van der Waals surface area contributed by atoms with Crippen LogP contribution in [0, 0.1) is 0 Å². The quantitative estimate of drug-likeness (QED) is 0.801. The van der Waals surface area contributed by atoms with Crippen LogP contribution in [0.4, 0.5) is 0 Å². The Balaban J connectivity index is 3.19. The normalized spacial score (nSPS) is 11.8. The van der Waals surface area contributed by atoms with Crippen molar-refractivity contribution < 1.29 is 8.42 Å². The summed E-state index contributed by atoms with van der Waals surface area (Å²) < 4.78 is 23.2. The van der Waals surface area contributed by atoms with Crippen LogP contribution in [0.15, 0.2) is 15.7 Å². The molecule has 3 nitrogen and oxygen atoms in total. The fourth-order valence-electron chi connectivity index (χ4n) is 0.877. The molecule has 1 aromatic rings. The van der Waals surface area contributed by atoms with Gasteiger partial charge in [-0.2, -0.15) is 0 Å². The summed E-state index contributed by atoms with van der Waals surface area (Å²) in [6.45, 7) is 1.92. The van der Waals surface area contributed by atoms with Crippen LogP contribution < -0.4 is 5.73 Å². The van der Waals surface area contributed by atoms with E-state index in [2.05, 4.69) is 0 Å². The largest absolute Gasteiger partial charge is 0.326 e. The van der Waals surface area contributed by atoms with Crippen molar-refractivity contribution in [2.24, 2.45) is 5.73 Å². The minimum atomic E-state index is -3.06. The number of hydrogen-bond acceptors (Lipinski definition) is 4. The molecule has 0 atom stereocenters. The summed E-state index contributed by atoms with van der Waals surface area (Å²) >= 11 is 1.24. The highest BCUT2D eigenvalue weighted by Gasteiger charge is 2.16. The molecule has 0 spiro atoms. The lowest BCUT2D eigenvalue weighted by molar-refractivity contribution is 0.598. The number of thiophene rings is 1. The lowest BCUT2D eigenvalue weighted by atomic mass is 10.3. The van der Waals surface area contributed by atoms with E-state index < -0.39 is 9.84 Å². The minimum Gasteiger partial charge on any atom is -0.326 e. The van der Waals surface area contributed by atoms with E-state index in [0.29, 0.717) is 4.21 Å². The van der Waals surface area contributed by atoms with Gasteiger partial charge in [0.1, 0.15) is 4.21 Å². The van der Waals surface area contributed by atoms with Crippen molar-refractivity contribution in [3.05, 3.63) is 17.0 Å². The fraction of sp³-hybridized carbons (Fsp3) is 0.429. The molecule has 12 heavy (non-hydrogen) atoms. The zero-order valence-corrected chi connectivity index (χ0v) is 8.41. The highest BCUT2D eigenvalue weighted by atomic mass is 32.2. The van der Waals surface area contributed by atoms with Crippen LogP contribution in [0.25, 0.3) is 0 Å². The van der Waals surface area contributed by atoms with Crippen LogP contribution in [0.1, 0.15) is 12.5 Å². The molecule has 0 unspecified atom stereocenters. The molecule has 0 radical (unpaired) electrons. The Labute approximate surface area is 76.1 Å². The maximum atomic E-state index is 11.4. The van der Waals surface area contributed by atoms with Crippen LogP contribution >= 0.6 is 11.3 Å². The van der Waals surface area contributed by atoms with Crippen molar-refractivity contribution in [2.45, 2.75) is 17.7 Å². The Hall–Kier alpha value is -0.390. The number of nitrogens with two attached hydrogens (primary N) is 1. The summed E-state index contributed by atoms with van der Waals surface area (Å²) in [5.41, 5.74) is 6.11. The molecule has 5 heteroatoms. The summed E-state index contributed by atoms with van der Waals surface area (Å²) in [4.78, 5) is 0. The predicted molar refractivity (Wildman–Crippen MR) is 49.9 cm³/mol. The average molecular weight is 205 g/mol. The van der Waals surface area contributed by atoms with Gasteiger partial charge in [0.15, 0.2) is 9.84 Å². The van der Waals surface area contributed by atoms with E-state index in [1.807, 2.05) is 0 Å². The minimum absolute atomic E-state index is 0.139. The Morgan fingerprint density at radius 3 is 2.75 bits per heavy atom. The maximum absolute atomic E-state index is 11.4. The van der Waals surface area contributed by atoms with Gasteiger partial charge < -0.3 is 5.73 Å². The Bertz CT molecular complexity index is 353. The van der Waals surface area contributed by atoms with Crippen LogP contribution in [0.2, 0.25) is 0 Å². The molecule has 0 amide bonds. The molecule has 0 fully saturated rings. The van der Waals surface area contributed by atoms with Crippen molar-refractivity contribution in [1.82, 2.24) is 0 Å². The molecule has 1 heterocycles. The first-order valence-corrected chi connectivity index (χ1v) is 6.14. The van der Waals surface area contributed by atoms with Crippen molar-refractivity contribution in [1.29, 1.82) is 0 Å². The first kappa shape index (κ1) is 9.70. The molecule has 0 bridgehead atoms. The smallest absolute Gasteiger partial charge is 0.187 e.